The van der Waals surface area contributed by atoms with E-state index in [9.17, 15) is 14.7 Å². The van der Waals surface area contributed by atoms with Gasteiger partial charge in [-0.1, -0.05) is 226 Å². The lowest BCUT2D eigenvalue weighted by Gasteiger charge is -2.13. The minimum absolute atomic E-state index is 0.337. The summed E-state index contributed by atoms with van der Waals surface area (Å²) in [5.41, 5.74) is 0. The van der Waals surface area contributed by atoms with Crippen molar-refractivity contribution in [1.29, 1.82) is 0 Å². The van der Waals surface area contributed by atoms with Crippen LogP contribution in [0.2, 0.25) is 0 Å². The van der Waals surface area contributed by atoms with E-state index in [4.69, 9.17) is 4.74 Å². The predicted octanol–water partition coefficient (Wildman–Crippen LogP) is 14.5. The summed E-state index contributed by atoms with van der Waals surface area (Å²) in [6.07, 6.45) is 45.8. The van der Waals surface area contributed by atoms with Crippen LogP contribution in [0.4, 0.5) is 0 Å². The maximum Gasteiger partial charge on any atom is 0.345 e. The molecule has 0 aliphatic heterocycles. The Labute approximate surface area is 288 Å². The average molecular weight is 651 g/mol. The third kappa shape index (κ3) is 35.8. The van der Waals surface area contributed by atoms with Crippen LogP contribution < -0.4 is 0 Å². The van der Waals surface area contributed by atoms with Crippen molar-refractivity contribution < 1.29 is 19.4 Å². The van der Waals surface area contributed by atoms with Crippen molar-refractivity contribution in [2.24, 2.45) is 0 Å². The van der Waals surface area contributed by atoms with E-state index in [0.29, 0.717) is 12.8 Å². The molecule has 0 saturated carbocycles. The molecule has 0 amide bonds. The zero-order valence-electron chi connectivity index (χ0n) is 31.4. The SMILES string of the molecule is CCCCCCCCCCCCCCCCCCCCCCCC(=O)OC(CCCCCCCCCCCCCCCC)C(=O)O. The molecule has 0 bridgehead atoms. The molecule has 0 aromatic heterocycles. The molecule has 4 nitrogen and oxygen atoms in total. The van der Waals surface area contributed by atoms with Crippen LogP contribution in [0.25, 0.3) is 0 Å². The molecule has 1 N–H and O–H groups in total. The smallest absolute Gasteiger partial charge is 0.345 e. The van der Waals surface area contributed by atoms with Crippen LogP contribution in [0.1, 0.15) is 251 Å². The highest BCUT2D eigenvalue weighted by Crippen LogP contribution is 2.17. The Morgan fingerprint density at radius 1 is 0.391 bits per heavy atom. The second-order valence-electron chi connectivity index (χ2n) is 14.5. The third-order valence-electron chi connectivity index (χ3n) is 9.85. The van der Waals surface area contributed by atoms with Crippen molar-refractivity contribution in [2.75, 3.05) is 0 Å². The van der Waals surface area contributed by atoms with Gasteiger partial charge in [0.15, 0.2) is 6.10 Å². The van der Waals surface area contributed by atoms with Gasteiger partial charge >= 0.3 is 11.9 Å². The summed E-state index contributed by atoms with van der Waals surface area (Å²) < 4.78 is 5.33. The Morgan fingerprint density at radius 2 is 0.630 bits per heavy atom. The summed E-state index contributed by atoms with van der Waals surface area (Å²) in [6.45, 7) is 4.56. The number of carbonyl (C=O) groups excluding carboxylic acids is 1. The van der Waals surface area contributed by atoms with Crippen LogP contribution in [0.3, 0.4) is 0 Å². The molecule has 0 aromatic carbocycles. The fraction of sp³-hybridized carbons (Fsp3) is 0.952. The number of unbranched alkanes of at least 4 members (excludes halogenated alkanes) is 33. The van der Waals surface area contributed by atoms with Gasteiger partial charge in [-0.05, 0) is 19.3 Å². The summed E-state index contributed by atoms with van der Waals surface area (Å²) >= 11 is 0. The van der Waals surface area contributed by atoms with E-state index in [1.54, 1.807) is 0 Å². The highest BCUT2D eigenvalue weighted by atomic mass is 16.6. The first kappa shape index (κ1) is 44.9. The minimum atomic E-state index is -0.998. The third-order valence-corrected chi connectivity index (χ3v) is 9.85. The molecule has 0 radical (unpaired) electrons. The lowest BCUT2D eigenvalue weighted by Crippen LogP contribution is -2.27. The van der Waals surface area contributed by atoms with Crippen LogP contribution in [0, 0.1) is 0 Å². The molecule has 4 heteroatoms. The summed E-state index contributed by atoms with van der Waals surface area (Å²) in [7, 11) is 0. The molecule has 1 unspecified atom stereocenters. The summed E-state index contributed by atoms with van der Waals surface area (Å²) in [5.74, 6) is -1.34. The average Bonchev–Trinajstić information content (AvgIpc) is 3.05. The molecule has 0 aromatic rings. The molecule has 0 aliphatic rings. The van der Waals surface area contributed by atoms with E-state index in [-0.39, 0.29) is 5.97 Å². The maximum absolute atomic E-state index is 12.2. The molecule has 0 saturated heterocycles. The molecule has 274 valence electrons. The van der Waals surface area contributed by atoms with Crippen molar-refractivity contribution >= 4 is 11.9 Å². The molecular formula is C42H82O4. The maximum atomic E-state index is 12.2. The van der Waals surface area contributed by atoms with Gasteiger partial charge in [-0.25, -0.2) is 4.79 Å². The molecule has 0 rings (SSSR count). The van der Waals surface area contributed by atoms with E-state index in [2.05, 4.69) is 13.8 Å². The van der Waals surface area contributed by atoms with Crippen LogP contribution in [0.15, 0.2) is 0 Å². The zero-order valence-corrected chi connectivity index (χ0v) is 31.4. The van der Waals surface area contributed by atoms with E-state index in [0.717, 1.165) is 38.5 Å². The Hall–Kier alpha value is -1.06. The van der Waals surface area contributed by atoms with Gasteiger partial charge in [-0.15, -0.1) is 0 Å². The van der Waals surface area contributed by atoms with Gasteiger partial charge in [-0.2, -0.15) is 0 Å². The Bertz CT molecular complexity index is 619. The Kier molecular flexibility index (Phi) is 37.5. The number of rotatable bonds is 39. The van der Waals surface area contributed by atoms with Gasteiger partial charge in [0.2, 0.25) is 0 Å². The Balaban J connectivity index is 3.45. The molecule has 0 fully saturated rings. The molecule has 1 atom stereocenters. The number of carbonyl (C=O) groups is 2. The first-order chi connectivity index (χ1) is 22.6. The van der Waals surface area contributed by atoms with Gasteiger partial charge in [0.05, 0.1) is 0 Å². The monoisotopic (exact) mass is 651 g/mol. The second kappa shape index (κ2) is 38.4. The fourth-order valence-electron chi connectivity index (χ4n) is 6.68. The van der Waals surface area contributed by atoms with Crippen molar-refractivity contribution in [3.8, 4) is 0 Å². The van der Waals surface area contributed by atoms with Gasteiger partial charge < -0.3 is 9.84 Å². The van der Waals surface area contributed by atoms with Crippen molar-refractivity contribution in [3.05, 3.63) is 0 Å². The lowest BCUT2D eigenvalue weighted by molar-refractivity contribution is -0.164. The summed E-state index contributed by atoms with van der Waals surface area (Å²) in [5, 5.41) is 9.50. The van der Waals surface area contributed by atoms with Crippen LogP contribution >= 0.6 is 0 Å². The zero-order chi connectivity index (χ0) is 33.6. The van der Waals surface area contributed by atoms with Gasteiger partial charge in [-0.3, -0.25) is 4.79 Å². The summed E-state index contributed by atoms with van der Waals surface area (Å²) in [4.78, 5) is 23.8. The standard InChI is InChI=1S/C42H82O4/c1-3-5-7-9-11-13-15-17-19-20-21-22-23-24-25-27-29-31-33-35-37-39-41(43)46-40(42(44)45)38-36-34-32-30-28-26-18-16-14-12-10-8-6-4-2/h40H,3-39H2,1-2H3,(H,44,45). The molecule has 0 heterocycles. The van der Waals surface area contributed by atoms with Gasteiger partial charge in [0.1, 0.15) is 0 Å². The minimum Gasteiger partial charge on any atom is -0.479 e. The van der Waals surface area contributed by atoms with Crippen molar-refractivity contribution in [2.45, 2.75) is 258 Å². The number of esters is 1. The normalized spacial score (nSPS) is 12.0. The molecule has 46 heavy (non-hydrogen) atoms. The topological polar surface area (TPSA) is 63.6 Å². The Morgan fingerprint density at radius 3 is 0.891 bits per heavy atom. The van der Waals surface area contributed by atoms with Crippen molar-refractivity contribution in [1.82, 2.24) is 0 Å². The van der Waals surface area contributed by atoms with E-state index in [1.165, 1.54) is 186 Å². The quantitative estimate of drug-likeness (QED) is 0.0531. The number of carboxylic acids is 1. The molecular weight excluding hydrogens is 568 g/mol. The number of aliphatic carboxylic acids is 1. The first-order valence-electron chi connectivity index (χ1n) is 21.0. The van der Waals surface area contributed by atoms with Gasteiger partial charge in [0.25, 0.3) is 0 Å². The van der Waals surface area contributed by atoms with Crippen LogP contribution in [-0.4, -0.2) is 23.1 Å². The van der Waals surface area contributed by atoms with Crippen LogP contribution in [-0.2, 0) is 14.3 Å². The lowest BCUT2D eigenvalue weighted by atomic mass is 10.0. The highest BCUT2D eigenvalue weighted by Gasteiger charge is 2.21. The number of carboxylic acid groups (broad SMARTS) is 1. The summed E-state index contributed by atoms with van der Waals surface area (Å²) in [6, 6.07) is 0. The van der Waals surface area contributed by atoms with E-state index in [1.807, 2.05) is 0 Å². The van der Waals surface area contributed by atoms with E-state index < -0.39 is 12.1 Å². The highest BCUT2D eigenvalue weighted by molar-refractivity contribution is 5.77. The molecule has 0 aliphatic carbocycles. The van der Waals surface area contributed by atoms with Crippen molar-refractivity contribution in [3.63, 3.8) is 0 Å². The molecule has 0 spiro atoms. The number of hydrogen-bond donors (Lipinski definition) is 1. The fourth-order valence-corrected chi connectivity index (χ4v) is 6.68. The second-order valence-corrected chi connectivity index (χ2v) is 14.5. The largest absolute Gasteiger partial charge is 0.479 e. The number of hydrogen-bond acceptors (Lipinski definition) is 3. The van der Waals surface area contributed by atoms with E-state index >= 15 is 0 Å². The van der Waals surface area contributed by atoms with Gasteiger partial charge in [0, 0.05) is 6.42 Å². The predicted molar refractivity (Wildman–Crippen MR) is 200 cm³/mol. The number of ether oxygens (including phenoxy) is 1. The first-order valence-corrected chi connectivity index (χ1v) is 21.0. The van der Waals surface area contributed by atoms with Crippen LogP contribution in [0.5, 0.6) is 0 Å².